The Labute approximate surface area is 114 Å². The molecule has 0 heterocycles. The van der Waals surface area contributed by atoms with Gasteiger partial charge in [0.25, 0.3) is 0 Å². The van der Waals surface area contributed by atoms with E-state index in [9.17, 15) is 23.5 Å². The minimum Gasteiger partial charge on any atom is -0.480 e. The van der Waals surface area contributed by atoms with E-state index in [0.717, 1.165) is 25.0 Å². The van der Waals surface area contributed by atoms with Crippen LogP contribution < -0.4 is 10.6 Å². The van der Waals surface area contributed by atoms with Crippen LogP contribution in [0.2, 0.25) is 0 Å². The van der Waals surface area contributed by atoms with E-state index in [1.54, 1.807) is 0 Å². The van der Waals surface area contributed by atoms with Crippen LogP contribution in [0.25, 0.3) is 0 Å². The lowest BCUT2D eigenvalue weighted by Crippen LogP contribution is -2.55. The summed E-state index contributed by atoms with van der Waals surface area (Å²) in [5.41, 5.74) is -1.46. The number of anilines is 1. The van der Waals surface area contributed by atoms with E-state index >= 15 is 0 Å². The van der Waals surface area contributed by atoms with Crippen LogP contribution in [-0.4, -0.2) is 22.6 Å². The van der Waals surface area contributed by atoms with Gasteiger partial charge in [-0.25, -0.2) is 18.4 Å². The molecular weight excluding hydrogens is 270 g/mol. The molecule has 0 aromatic heterocycles. The summed E-state index contributed by atoms with van der Waals surface area (Å²) in [6.45, 7) is 1.42. The normalized spacial score (nSPS) is 17.1. The minimum atomic E-state index is -1.38. The van der Waals surface area contributed by atoms with Crippen LogP contribution in [0.1, 0.15) is 19.8 Å². The highest BCUT2D eigenvalue weighted by atomic mass is 19.1. The van der Waals surface area contributed by atoms with E-state index in [-0.39, 0.29) is 11.6 Å². The van der Waals surface area contributed by atoms with Crippen LogP contribution in [0.4, 0.5) is 19.3 Å². The van der Waals surface area contributed by atoms with Crippen molar-refractivity contribution in [3.8, 4) is 0 Å². The van der Waals surface area contributed by atoms with Crippen molar-refractivity contribution < 1.29 is 23.5 Å². The van der Waals surface area contributed by atoms with Crippen molar-refractivity contribution in [2.45, 2.75) is 25.3 Å². The van der Waals surface area contributed by atoms with Crippen LogP contribution in [0, 0.1) is 17.6 Å². The van der Waals surface area contributed by atoms with E-state index in [1.165, 1.54) is 6.92 Å². The Bertz CT molecular complexity index is 540. The zero-order valence-corrected chi connectivity index (χ0v) is 10.7. The minimum absolute atomic E-state index is 0.0801. The summed E-state index contributed by atoms with van der Waals surface area (Å²) >= 11 is 0. The van der Waals surface area contributed by atoms with Crippen molar-refractivity contribution in [1.29, 1.82) is 0 Å². The summed E-state index contributed by atoms with van der Waals surface area (Å²) in [7, 11) is 0. The molecule has 0 aliphatic heterocycles. The zero-order valence-electron chi connectivity index (χ0n) is 10.7. The quantitative estimate of drug-likeness (QED) is 0.794. The molecule has 1 aromatic carbocycles. The van der Waals surface area contributed by atoms with Gasteiger partial charge in [-0.3, -0.25) is 0 Å². The van der Waals surface area contributed by atoms with Crippen LogP contribution in [0.5, 0.6) is 0 Å². The third-order valence-corrected chi connectivity index (χ3v) is 3.33. The van der Waals surface area contributed by atoms with Gasteiger partial charge < -0.3 is 15.7 Å². The number of carboxylic acids is 1. The third kappa shape index (κ3) is 3.04. The Hall–Kier alpha value is -2.18. The third-order valence-electron chi connectivity index (χ3n) is 3.33. The van der Waals surface area contributed by atoms with Crippen LogP contribution >= 0.6 is 0 Å². The number of urea groups is 1. The number of rotatable bonds is 4. The fraction of sp³-hybridized carbons (Fsp3) is 0.385. The van der Waals surface area contributed by atoms with Crippen molar-refractivity contribution in [3.63, 3.8) is 0 Å². The summed E-state index contributed by atoms with van der Waals surface area (Å²) < 4.78 is 26.0. The second-order valence-electron chi connectivity index (χ2n) is 5.02. The van der Waals surface area contributed by atoms with Crippen LogP contribution in [-0.2, 0) is 4.79 Å². The molecule has 0 spiro atoms. The topological polar surface area (TPSA) is 78.4 Å². The molecule has 3 N–H and O–H groups in total. The average molecular weight is 284 g/mol. The standard InChI is InChI=1S/C13H14F2N2O3/c1-13(11(18)19,7-2-3-7)17-12(20)16-10-5-8(14)4-9(15)6-10/h4-7H,2-3H2,1H3,(H,18,19)(H2,16,17,20). The van der Waals surface area contributed by atoms with E-state index in [4.69, 9.17) is 0 Å². The number of benzene rings is 1. The van der Waals surface area contributed by atoms with E-state index in [0.29, 0.717) is 6.07 Å². The van der Waals surface area contributed by atoms with Gasteiger partial charge in [-0.1, -0.05) is 0 Å². The van der Waals surface area contributed by atoms with Crippen molar-refractivity contribution in [2.24, 2.45) is 5.92 Å². The Morgan fingerprint density at radius 3 is 2.25 bits per heavy atom. The highest BCUT2D eigenvalue weighted by Gasteiger charge is 2.48. The zero-order chi connectivity index (χ0) is 14.9. The number of carbonyl (C=O) groups is 2. The maximum atomic E-state index is 13.0. The molecule has 1 aromatic rings. The average Bonchev–Trinajstić information content (AvgIpc) is 3.10. The molecule has 1 aliphatic carbocycles. The van der Waals surface area contributed by atoms with Gasteiger partial charge in [0.05, 0.1) is 0 Å². The molecule has 1 fully saturated rings. The number of hydrogen-bond donors (Lipinski definition) is 3. The SMILES string of the molecule is CC(NC(=O)Nc1cc(F)cc(F)c1)(C(=O)O)C1CC1. The Balaban J connectivity index is 2.06. The Morgan fingerprint density at radius 2 is 1.80 bits per heavy atom. The van der Waals surface area contributed by atoms with E-state index in [1.807, 2.05) is 0 Å². The predicted octanol–water partition coefficient (Wildman–Crippen LogP) is 2.34. The first kappa shape index (κ1) is 14.2. The second-order valence-corrected chi connectivity index (χ2v) is 5.02. The Morgan fingerprint density at radius 1 is 1.25 bits per heavy atom. The molecule has 0 saturated heterocycles. The summed E-state index contributed by atoms with van der Waals surface area (Å²) in [5.74, 6) is -2.93. The largest absolute Gasteiger partial charge is 0.480 e. The molecule has 7 heteroatoms. The van der Waals surface area contributed by atoms with Crippen molar-refractivity contribution >= 4 is 17.7 Å². The first-order valence-electron chi connectivity index (χ1n) is 6.10. The number of halogens is 2. The fourth-order valence-corrected chi connectivity index (χ4v) is 2.02. The molecule has 2 rings (SSSR count). The van der Waals surface area contributed by atoms with Gasteiger partial charge in [0.2, 0.25) is 0 Å². The van der Waals surface area contributed by atoms with Crippen LogP contribution in [0.15, 0.2) is 18.2 Å². The fourth-order valence-electron chi connectivity index (χ4n) is 2.02. The van der Waals surface area contributed by atoms with Gasteiger partial charge in [-0.15, -0.1) is 0 Å². The number of nitrogens with one attached hydrogen (secondary N) is 2. The maximum Gasteiger partial charge on any atom is 0.329 e. The van der Waals surface area contributed by atoms with Gasteiger partial charge in [-0.05, 0) is 37.8 Å². The molecule has 1 saturated carbocycles. The molecule has 2 amide bonds. The molecule has 1 atom stereocenters. The molecule has 108 valence electrons. The second kappa shape index (κ2) is 5.07. The molecule has 20 heavy (non-hydrogen) atoms. The number of carboxylic acid groups (broad SMARTS) is 1. The van der Waals surface area contributed by atoms with E-state index in [2.05, 4.69) is 10.6 Å². The number of hydrogen-bond acceptors (Lipinski definition) is 2. The van der Waals surface area contributed by atoms with Gasteiger partial charge in [0, 0.05) is 11.8 Å². The van der Waals surface area contributed by atoms with Gasteiger partial charge in [0.1, 0.15) is 17.2 Å². The summed E-state index contributed by atoms with van der Waals surface area (Å²) in [6, 6.07) is 1.75. The lowest BCUT2D eigenvalue weighted by molar-refractivity contribution is -0.144. The summed E-state index contributed by atoms with van der Waals surface area (Å²) in [4.78, 5) is 23.0. The molecule has 1 unspecified atom stereocenters. The number of aliphatic carboxylic acids is 1. The first-order chi connectivity index (χ1) is 9.31. The molecule has 5 nitrogen and oxygen atoms in total. The van der Waals surface area contributed by atoms with Gasteiger partial charge in [0.15, 0.2) is 0 Å². The highest BCUT2D eigenvalue weighted by Crippen LogP contribution is 2.39. The number of amides is 2. The smallest absolute Gasteiger partial charge is 0.329 e. The predicted molar refractivity (Wildman–Crippen MR) is 67.3 cm³/mol. The van der Waals surface area contributed by atoms with Crippen molar-refractivity contribution in [2.75, 3.05) is 5.32 Å². The van der Waals surface area contributed by atoms with Crippen molar-refractivity contribution in [3.05, 3.63) is 29.8 Å². The monoisotopic (exact) mass is 284 g/mol. The molecule has 0 radical (unpaired) electrons. The van der Waals surface area contributed by atoms with Crippen molar-refractivity contribution in [1.82, 2.24) is 5.32 Å². The number of carbonyl (C=O) groups excluding carboxylic acids is 1. The Kier molecular flexibility index (Phi) is 3.61. The molecule has 0 bridgehead atoms. The molecule has 1 aliphatic rings. The van der Waals surface area contributed by atoms with Crippen LogP contribution in [0.3, 0.4) is 0 Å². The van der Waals surface area contributed by atoms with Gasteiger partial charge in [-0.2, -0.15) is 0 Å². The maximum absolute atomic E-state index is 13.0. The van der Waals surface area contributed by atoms with Gasteiger partial charge >= 0.3 is 12.0 Å². The first-order valence-corrected chi connectivity index (χ1v) is 6.10. The summed E-state index contributed by atoms with van der Waals surface area (Å²) in [5, 5.41) is 13.8. The lowest BCUT2D eigenvalue weighted by Gasteiger charge is -2.26. The summed E-state index contributed by atoms with van der Waals surface area (Å²) in [6.07, 6.45) is 1.44. The molecular formula is C13H14F2N2O3. The van der Waals surface area contributed by atoms with E-state index < -0.39 is 29.2 Å². The highest BCUT2D eigenvalue weighted by molar-refractivity contribution is 5.94. The lowest BCUT2D eigenvalue weighted by atomic mass is 9.96.